The van der Waals surface area contributed by atoms with E-state index in [-0.39, 0.29) is 12.4 Å². The second kappa shape index (κ2) is 8.92. The Bertz CT molecular complexity index is 547. The molecule has 0 saturated heterocycles. The fraction of sp³-hybridized carbons (Fsp3) is 0.412. The summed E-state index contributed by atoms with van der Waals surface area (Å²) in [4.78, 5) is 22.8. The Balaban J connectivity index is 2.17. The average molecular weight is 323 g/mol. The fourth-order valence-corrected chi connectivity index (χ4v) is 1.54. The van der Waals surface area contributed by atoms with Crippen LogP contribution in [0.3, 0.4) is 0 Å². The molecule has 0 aromatic heterocycles. The van der Waals surface area contributed by atoms with Gasteiger partial charge in [0.05, 0.1) is 6.61 Å². The van der Waals surface area contributed by atoms with Crippen molar-refractivity contribution in [2.75, 3.05) is 13.2 Å². The van der Waals surface area contributed by atoms with Crippen molar-refractivity contribution in [2.24, 2.45) is 0 Å². The molecule has 1 N–H and O–H groups in total. The Labute approximate surface area is 135 Å². The number of ether oxygens (including phenoxy) is 2. The first-order valence-corrected chi connectivity index (χ1v) is 7.33. The van der Waals surface area contributed by atoms with Crippen molar-refractivity contribution in [3.05, 3.63) is 41.7 Å². The van der Waals surface area contributed by atoms with Crippen LogP contribution in [0.5, 0.6) is 0 Å². The molecule has 0 aliphatic carbocycles. The predicted octanol–water partition coefficient (Wildman–Crippen LogP) is 3.30. The number of esters is 1. The molecule has 0 aliphatic rings. The molecule has 0 radical (unpaired) electrons. The minimum atomic E-state index is -0.540. The quantitative estimate of drug-likeness (QED) is 0.495. The van der Waals surface area contributed by atoms with E-state index in [1.165, 1.54) is 18.2 Å². The third-order valence-electron chi connectivity index (χ3n) is 2.52. The van der Waals surface area contributed by atoms with E-state index in [9.17, 15) is 14.0 Å². The lowest BCUT2D eigenvalue weighted by atomic mass is 10.2. The van der Waals surface area contributed by atoms with E-state index in [4.69, 9.17) is 9.47 Å². The third kappa shape index (κ3) is 9.29. The highest BCUT2D eigenvalue weighted by Crippen LogP contribution is 2.06. The number of hydrogen-bond donors (Lipinski definition) is 1. The van der Waals surface area contributed by atoms with Gasteiger partial charge in [0.15, 0.2) is 0 Å². The summed E-state index contributed by atoms with van der Waals surface area (Å²) in [6.07, 6.45) is 2.80. The summed E-state index contributed by atoms with van der Waals surface area (Å²) < 4.78 is 22.8. The summed E-state index contributed by atoms with van der Waals surface area (Å²) in [6.45, 7) is 5.87. The van der Waals surface area contributed by atoms with Crippen LogP contribution in [-0.2, 0) is 14.3 Å². The summed E-state index contributed by atoms with van der Waals surface area (Å²) in [7, 11) is 0. The van der Waals surface area contributed by atoms with Crippen LogP contribution in [0.4, 0.5) is 9.18 Å². The zero-order valence-corrected chi connectivity index (χ0v) is 13.6. The van der Waals surface area contributed by atoms with Gasteiger partial charge in [-0.25, -0.2) is 14.0 Å². The van der Waals surface area contributed by atoms with Gasteiger partial charge in [-0.2, -0.15) is 0 Å². The van der Waals surface area contributed by atoms with Gasteiger partial charge in [0.1, 0.15) is 11.4 Å². The molecule has 0 spiro atoms. The van der Waals surface area contributed by atoms with Crippen LogP contribution in [-0.4, -0.2) is 30.8 Å². The molecule has 0 heterocycles. The standard InChI is InChI=1S/C17H22FNO4/c1-17(2,3)23-16(21)19-11-4-12-22-15(20)10-7-13-5-8-14(18)9-6-13/h5-10H,4,11-12H2,1-3H3,(H,19,21). The van der Waals surface area contributed by atoms with Crippen LogP contribution in [0.15, 0.2) is 30.3 Å². The van der Waals surface area contributed by atoms with E-state index in [0.717, 1.165) is 0 Å². The van der Waals surface area contributed by atoms with Gasteiger partial charge in [0.25, 0.3) is 0 Å². The van der Waals surface area contributed by atoms with Gasteiger partial charge in [-0.05, 0) is 51.0 Å². The normalized spacial score (nSPS) is 11.3. The van der Waals surface area contributed by atoms with Gasteiger partial charge in [0.2, 0.25) is 0 Å². The second-order valence-electron chi connectivity index (χ2n) is 5.83. The van der Waals surface area contributed by atoms with Crippen LogP contribution in [0.2, 0.25) is 0 Å². The lowest BCUT2D eigenvalue weighted by molar-refractivity contribution is -0.137. The minimum absolute atomic E-state index is 0.183. The average Bonchev–Trinajstić information content (AvgIpc) is 2.44. The fourth-order valence-electron chi connectivity index (χ4n) is 1.54. The molecule has 5 nitrogen and oxygen atoms in total. The molecule has 0 unspecified atom stereocenters. The van der Waals surface area contributed by atoms with E-state index in [0.29, 0.717) is 18.5 Å². The molecular weight excluding hydrogens is 301 g/mol. The number of carbonyl (C=O) groups is 2. The highest BCUT2D eigenvalue weighted by molar-refractivity contribution is 5.87. The van der Waals surface area contributed by atoms with Gasteiger partial charge in [-0.15, -0.1) is 0 Å². The van der Waals surface area contributed by atoms with Crippen LogP contribution < -0.4 is 5.32 Å². The second-order valence-corrected chi connectivity index (χ2v) is 5.83. The zero-order chi connectivity index (χ0) is 17.3. The lowest BCUT2D eigenvalue weighted by Gasteiger charge is -2.19. The van der Waals surface area contributed by atoms with Crippen LogP contribution in [0.1, 0.15) is 32.8 Å². The number of carbonyl (C=O) groups excluding carboxylic acids is 2. The van der Waals surface area contributed by atoms with Crippen molar-refractivity contribution >= 4 is 18.1 Å². The molecule has 0 fully saturated rings. The smallest absolute Gasteiger partial charge is 0.407 e. The number of hydrogen-bond acceptors (Lipinski definition) is 4. The Kier molecular flexibility index (Phi) is 7.25. The zero-order valence-electron chi connectivity index (χ0n) is 13.6. The van der Waals surface area contributed by atoms with Gasteiger partial charge < -0.3 is 14.8 Å². The first-order valence-electron chi connectivity index (χ1n) is 7.33. The lowest BCUT2D eigenvalue weighted by Crippen LogP contribution is -2.33. The minimum Gasteiger partial charge on any atom is -0.462 e. The number of nitrogens with one attached hydrogen (secondary N) is 1. The van der Waals surface area contributed by atoms with Crippen molar-refractivity contribution in [3.63, 3.8) is 0 Å². The summed E-state index contributed by atoms with van der Waals surface area (Å²) in [5.74, 6) is -0.825. The molecule has 1 amide bonds. The van der Waals surface area contributed by atoms with Gasteiger partial charge in [0, 0.05) is 12.6 Å². The molecule has 0 atom stereocenters. The summed E-state index contributed by atoms with van der Waals surface area (Å²) in [5, 5.41) is 2.57. The molecule has 1 aromatic rings. The molecule has 126 valence electrons. The number of halogens is 1. The Morgan fingerprint density at radius 3 is 2.48 bits per heavy atom. The van der Waals surface area contributed by atoms with Crippen molar-refractivity contribution in [1.29, 1.82) is 0 Å². The number of alkyl carbamates (subject to hydrolysis) is 1. The summed E-state index contributed by atoms with van der Waals surface area (Å²) in [5.41, 5.74) is 0.164. The molecule has 1 aromatic carbocycles. The molecule has 6 heteroatoms. The molecule has 0 saturated carbocycles. The van der Waals surface area contributed by atoms with Crippen molar-refractivity contribution in [2.45, 2.75) is 32.8 Å². The Morgan fingerprint density at radius 1 is 1.22 bits per heavy atom. The van der Waals surface area contributed by atoms with Crippen LogP contribution in [0, 0.1) is 5.82 Å². The van der Waals surface area contributed by atoms with Gasteiger partial charge in [-0.3, -0.25) is 0 Å². The van der Waals surface area contributed by atoms with Gasteiger partial charge >= 0.3 is 12.1 Å². The molecule has 1 rings (SSSR count). The van der Waals surface area contributed by atoms with Crippen LogP contribution in [0.25, 0.3) is 6.08 Å². The van der Waals surface area contributed by atoms with E-state index < -0.39 is 17.7 Å². The van der Waals surface area contributed by atoms with Crippen molar-refractivity contribution < 1.29 is 23.5 Å². The Morgan fingerprint density at radius 2 is 1.87 bits per heavy atom. The molecule has 0 bridgehead atoms. The topological polar surface area (TPSA) is 64.6 Å². The Hall–Kier alpha value is -2.37. The largest absolute Gasteiger partial charge is 0.462 e. The SMILES string of the molecule is CC(C)(C)OC(=O)NCCCOC(=O)C=Cc1ccc(F)cc1. The van der Waals surface area contributed by atoms with Crippen LogP contribution >= 0.6 is 0 Å². The molecular formula is C17H22FNO4. The maximum atomic E-state index is 12.7. The predicted molar refractivity (Wildman–Crippen MR) is 85.2 cm³/mol. The highest BCUT2D eigenvalue weighted by Gasteiger charge is 2.15. The number of amides is 1. The summed E-state index contributed by atoms with van der Waals surface area (Å²) >= 11 is 0. The first-order chi connectivity index (χ1) is 10.8. The molecule has 0 aliphatic heterocycles. The van der Waals surface area contributed by atoms with E-state index >= 15 is 0 Å². The monoisotopic (exact) mass is 323 g/mol. The van der Waals surface area contributed by atoms with E-state index in [2.05, 4.69) is 5.32 Å². The maximum absolute atomic E-state index is 12.7. The molecule has 23 heavy (non-hydrogen) atoms. The highest BCUT2D eigenvalue weighted by atomic mass is 19.1. The van der Waals surface area contributed by atoms with E-state index in [1.54, 1.807) is 39.0 Å². The van der Waals surface area contributed by atoms with E-state index in [1.807, 2.05) is 0 Å². The van der Waals surface area contributed by atoms with Gasteiger partial charge in [-0.1, -0.05) is 12.1 Å². The summed E-state index contributed by atoms with van der Waals surface area (Å²) in [6, 6.07) is 5.74. The van der Waals surface area contributed by atoms with Crippen molar-refractivity contribution in [1.82, 2.24) is 5.32 Å². The number of benzene rings is 1. The number of rotatable bonds is 6. The third-order valence-corrected chi connectivity index (χ3v) is 2.52. The maximum Gasteiger partial charge on any atom is 0.407 e. The first kappa shape index (κ1) is 18.7. The van der Waals surface area contributed by atoms with Crippen molar-refractivity contribution in [3.8, 4) is 0 Å².